The number of hydrogen-bond acceptors (Lipinski definition) is 1. The van der Waals surface area contributed by atoms with Crippen LogP contribution in [0.1, 0.15) is 46.1 Å². The van der Waals surface area contributed by atoms with Gasteiger partial charge in [-0.2, -0.15) is 0 Å². The lowest BCUT2D eigenvalue weighted by Crippen LogP contribution is -2.41. The minimum atomic E-state index is -0.479. The first kappa shape index (κ1) is 17.6. The van der Waals surface area contributed by atoms with Crippen LogP contribution in [0.25, 0.3) is 0 Å². The van der Waals surface area contributed by atoms with Crippen molar-refractivity contribution in [3.8, 4) is 0 Å². The lowest BCUT2D eigenvalue weighted by molar-refractivity contribution is 0.254. The summed E-state index contributed by atoms with van der Waals surface area (Å²) in [6.45, 7) is 9.47. The molecule has 0 heterocycles. The fraction of sp³-hybridized carbons (Fsp3) is 0.625. The molecule has 0 radical (unpaired) electrons. The van der Waals surface area contributed by atoms with Crippen molar-refractivity contribution in [3.63, 3.8) is 0 Å². The Morgan fingerprint density at radius 2 is 1.90 bits per heavy atom. The monoisotopic (exact) mass is 347 g/mol. The highest BCUT2D eigenvalue weighted by Gasteiger charge is 2.24. The highest BCUT2D eigenvalue weighted by atomic mass is 79.9. The van der Waals surface area contributed by atoms with Crippen molar-refractivity contribution < 1.29 is 8.78 Å². The van der Waals surface area contributed by atoms with Gasteiger partial charge >= 0.3 is 0 Å². The predicted molar refractivity (Wildman–Crippen MR) is 83.9 cm³/mol. The molecule has 114 valence electrons. The molecule has 1 nitrogen and oxygen atoms in total. The van der Waals surface area contributed by atoms with Crippen LogP contribution in [0.2, 0.25) is 0 Å². The minimum absolute atomic E-state index is 0.0636. The molecule has 20 heavy (non-hydrogen) atoms. The van der Waals surface area contributed by atoms with Crippen LogP contribution in [0.15, 0.2) is 16.6 Å². The number of benzene rings is 1. The van der Waals surface area contributed by atoms with Crippen LogP contribution in [0.4, 0.5) is 8.78 Å². The lowest BCUT2D eigenvalue weighted by atomic mass is 9.83. The summed E-state index contributed by atoms with van der Waals surface area (Å²) in [4.78, 5) is 0. The standard InChI is InChI=1S/C16H24BrF2N/c1-5-10-20-14(16(2,3)4)9-6-11-13(18)8-7-12(17)15(11)19/h7-8,14,20H,5-6,9-10H2,1-4H3. The van der Waals surface area contributed by atoms with Crippen molar-refractivity contribution in [2.24, 2.45) is 5.41 Å². The van der Waals surface area contributed by atoms with Gasteiger partial charge < -0.3 is 5.32 Å². The van der Waals surface area contributed by atoms with Gasteiger partial charge in [-0.3, -0.25) is 0 Å². The largest absolute Gasteiger partial charge is 0.313 e. The molecule has 0 saturated carbocycles. The molecule has 1 unspecified atom stereocenters. The van der Waals surface area contributed by atoms with Gasteiger partial charge in [0.25, 0.3) is 0 Å². The fourth-order valence-electron chi connectivity index (χ4n) is 2.25. The van der Waals surface area contributed by atoms with E-state index in [2.05, 4.69) is 48.9 Å². The molecule has 4 heteroatoms. The fourth-order valence-corrected chi connectivity index (χ4v) is 2.62. The van der Waals surface area contributed by atoms with E-state index < -0.39 is 11.6 Å². The third-order valence-corrected chi connectivity index (χ3v) is 4.12. The van der Waals surface area contributed by atoms with Crippen LogP contribution in [-0.4, -0.2) is 12.6 Å². The Hall–Kier alpha value is -0.480. The second-order valence-electron chi connectivity index (χ2n) is 6.23. The van der Waals surface area contributed by atoms with Crippen LogP contribution in [0.3, 0.4) is 0 Å². The summed E-state index contributed by atoms with van der Waals surface area (Å²) in [7, 11) is 0. The number of nitrogens with one attached hydrogen (secondary N) is 1. The van der Waals surface area contributed by atoms with Gasteiger partial charge in [-0.1, -0.05) is 27.7 Å². The molecule has 1 aromatic carbocycles. The Kier molecular flexibility index (Phi) is 6.59. The summed E-state index contributed by atoms with van der Waals surface area (Å²) < 4.78 is 28.0. The zero-order valence-corrected chi connectivity index (χ0v) is 14.3. The van der Waals surface area contributed by atoms with Crippen LogP contribution < -0.4 is 5.32 Å². The first-order valence-electron chi connectivity index (χ1n) is 7.13. The first-order valence-corrected chi connectivity index (χ1v) is 7.92. The summed E-state index contributed by atoms with van der Waals surface area (Å²) in [6, 6.07) is 2.96. The number of hydrogen-bond donors (Lipinski definition) is 1. The molecule has 0 aliphatic rings. The Labute approximate surface area is 129 Å². The van der Waals surface area contributed by atoms with E-state index in [1.54, 1.807) is 0 Å². The van der Waals surface area contributed by atoms with Crippen molar-refractivity contribution in [3.05, 3.63) is 33.8 Å². The normalized spacial score (nSPS) is 13.6. The number of rotatable bonds is 6. The summed E-state index contributed by atoms with van der Waals surface area (Å²) in [5, 5.41) is 3.48. The van der Waals surface area contributed by atoms with Gasteiger partial charge in [0.2, 0.25) is 0 Å². The summed E-state index contributed by atoms with van der Waals surface area (Å²) in [5.41, 5.74) is 0.237. The van der Waals surface area contributed by atoms with E-state index >= 15 is 0 Å². The van der Waals surface area contributed by atoms with Crippen molar-refractivity contribution in [2.75, 3.05) is 6.54 Å². The van der Waals surface area contributed by atoms with Crippen molar-refractivity contribution in [1.82, 2.24) is 5.32 Å². The maximum atomic E-state index is 14.0. The molecule has 1 N–H and O–H groups in total. The molecule has 0 bridgehead atoms. The Morgan fingerprint density at radius 1 is 1.25 bits per heavy atom. The van der Waals surface area contributed by atoms with Gasteiger partial charge in [0.05, 0.1) is 4.47 Å². The summed E-state index contributed by atoms with van der Waals surface area (Å²) in [5.74, 6) is -0.943. The van der Waals surface area contributed by atoms with Crippen molar-refractivity contribution in [2.45, 2.75) is 53.0 Å². The van der Waals surface area contributed by atoms with Crippen LogP contribution >= 0.6 is 15.9 Å². The van der Waals surface area contributed by atoms with Crippen molar-refractivity contribution in [1.29, 1.82) is 0 Å². The smallest absolute Gasteiger partial charge is 0.143 e. The highest BCUT2D eigenvalue weighted by Crippen LogP contribution is 2.27. The van der Waals surface area contributed by atoms with Crippen LogP contribution in [0.5, 0.6) is 0 Å². The zero-order valence-electron chi connectivity index (χ0n) is 12.7. The maximum Gasteiger partial charge on any atom is 0.143 e. The molecule has 0 saturated heterocycles. The molecule has 0 aliphatic carbocycles. The Bertz CT molecular complexity index is 441. The first-order chi connectivity index (χ1) is 9.27. The van der Waals surface area contributed by atoms with Crippen LogP contribution in [-0.2, 0) is 6.42 Å². The van der Waals surface area contributed by atoms with Gasteiger partial charge in [-0.25, -0.2) is 8.78 Å². The lowest BCUT2D eigenvalue weighted by Gasteiger charge is -2.32. The highest BCUT2D eigenvalue weighted by molar-refractivity contribution is 9.10. The molecule has 0 fully saturated rings. The third-order valence-electron chi connectivity index (χ3n) is 3.51. The summed E-state index contributed by atoms with van der Waals surface area (Å²) >= 11 is 3.11. The molecule has 0 aliphatic heterocycles. The van der Waals surface area contributed by atoms with Gasteiger partial charge in [0.1, 0.15) is 11.6 Å². The molecule has 1 rings (SSSR count). The molecule has 0 aromatic heterocycles. The SMILES string of the molecule is CCCNC(CCc1c(F)ccc(Br)c1F)C(C)(C)C. The third kappa shape index (κ3) is 4.81. The molecule has 1 atom stereocenters. The van der Waals surface area contributed by atoms with Gasteiger partial charge in [0.15, 0.2) is 0 Å². The molecular formula is C16H24BrF2N. The average Bonchev–Trinajstić information content (AvgIpc) is 2.36. The van der Waals surface area contributed by atoms with Gasteiger partial charge in [-0.15, -0.1) is 0 Å². The van der Waals surface area contributed by atoms with Crippen molar-refractivity contribution >= 4 is 15.9 Å². The van der Waals surface area contributed by atoms with Gasteiger partial charge in [-0.05, 0) is 59.3 Å². The Balaban J connectivity index is 2.80. The van der Waals surface area contributed by atoms with Crippen LogP contribution in [0, 0.1) is 17.0 Å². The zero-order chi connectivity index (χ0) is 15.3. The predicted octanol–water partition coefficient (Wildman–Crippen LogP) is 5.07. The average molecular weight is 348 g/mol. The van der Waals surface area contributed by atoms with E-state index in [0.29, 0.717) is 17.3 Å². The van der Waals surface area contributed by atoms with E-state index in [1.807, 2.05) is 0 Å². The molecule has 0 spiro atoms. The van der Waals surface area contributed by atoms with E-state index in [9.17, 15) is 8.78 Å². The van der Waals surface area contributed by atoms with E-state index in [0.717, 1.165) is 13.0 Å². The molecule has 1 aromatic rings. The number of halogens is 3. The minimum Gasteiger partial charge on any atom is -0.313 e. The van der Waals surface area contributed by atoms with E-state index in [-0.39, 0.29) is 17.0 Å². The molecular weight excluding hydrogens is 324 g/mol. The van der Waals surface area contributed by atoms with E-state index in [4.69, 9.17) is 0 Å². The maximum absolute atomic E-state index is 14.0. The Morgan fingerprint density at radius 3 is 2.45 bits per heavy atom. The van der Waals surface area contributed by atoms with Gasteiger partial charge in [0, 0.05) is 11.6 Å². The molecule has 0 amide bonds. The second-order valence-corrected chi connectivity index (χ2v) is 7.09. The summed E-state index contributed by atoms with van der Waals surface area (Å²) in [6.07, 6.45) is 2.16. The second kappa shape index (κ2) is 7.51. The van der Waals surface area contributed by atoms with E-state index in [1.165, 1.54) is 12.1 Å². The quantitative estimate of drug-likeness (QED) is 0.708. The topological polar surface area (TPSA) is 12.0 Å².